The molecule has 0 fully saturated rings. The lowest BCUT2D eigenvalue weighted by Crippen LogP contribution is -2.11. The molecule has 2 aromatic heterocycles. The molecule has 3 aromatic carbocycles. The fraction of sp³-hybridized carbons (Fsp3) is 0.188. The standard InChI is InChI=1S/C32H29N3O2/c36-31-25-14-4-7-17-29(25)35(30-18-8-5-15-26(30)31)21-10-2-1-9-19-34-20-11-12-23(34)22-27-24-13-3-6-16-28(24)33-32(27)37/h3-8,11-18,20,22H,1-2,9-10,19,21H2,(H,33,37)/b27-22-. The van der Waals surface area contributed by atoms with Crippen molar-refractivity contribution in [2.45, 2.75) is 38.8 Å². The average molecular weight is 488 g/mol. The fourth-order valence-electron chi connectivity index (χ4n) is 5.42. The van der Waals surface area contributed by atoms with Crippen molar-refractivity contribution in [1.29, 1.82) is 0 Å². The van der Waals surface area contributed by atoms with Crippen LogP contribution in [0.25, 0.3) is 33.5 Å². The van der Waals surface area contributed by atoms with Gasteiger partial charge in [0.2, 0.25) is 0 Å². The molecule has 0 aliphatic carbocycles. The number of anilines is 1. The summed E-state index contributed by atoms with van der Waals surface area (Å²) in [7, 11) is 0. The maximum absolute atomic E-state index is 12.9. The number of nitrogens with zero attached hydrogens (tertiary/aromatic N) is 2. The molecule has 0 bridgehead atoms. The molecule has 0 saturated heterocycles. The summed E-state index contributed by atoms with van der Waals surface area (Å²) < 4.78 is 4.52. The molecule has 37 heavy (non-hydrogen) atoms. The molecule has 0 atom stereocenters. The highest BCUT2D eigenvalue weighted by molar-refractivity contribution is 6.34. The van der Waals surface area contributed by atoms with E-state index in [-0.39, 0.29) is 11.3 Å². The van der Waals surface area contributed by atoms with Crippen LogP contribution in [0.4, 0.5) is 5.69 Å². The minimum absolute atomic E-state index is 0.0449. The fourth-order valence-corrected chi connectivity index (χ4v) is 5.42. The number of unbranched alkanes of at least 4 members (excludes halogenated alkanes) is 3. The Morgan fingerprint density at radius 1 is 0.676 bits per heavy atom. The summed E-state index contributed by atoms with van der Waals surface area (Å²) in [5.41, 5.74) is 5.73. The summed E-state index contributed by atoms with van der Waals surface area (Å²) in [4.78, 5) is 25.4. The van der Waals surface area contributed by atoms with E-state index >= 15 is 0 Å². The van der Waals surface area contributed by atoms with E-state index in [2.05, 4.69) is 26.7 Å². The molecule has 0 radical (unpaired) electrons. The van der Waals surface area contributed by atoms with Crippen LogP contribution in [0.2, 0.25) is 0 Å². The topological polar surface area (TPSA) is 56.0 Å². The zero-order valence-corrected chi connectivity index (χ0v) is 20.7. The lowest BCUT2D eigenvalue weighted by molar-refractivity contribution is -0.110. The lowest BCUT2D eigenvalue weighted by atomic mass is 10.1. The van der Waals surface area contributed by atoms with Crippen LogP contribution in [0.1, 0.15) is 36.9 Å². The molecule has 184 valence electrons. The largest absolute Gasteiger partial charge is 0.348 e. The van der Waals surface area contributed by atoms with Crippen molar-refractivity contribution in [3.8, 4) is 0 Å². The van der Waals surface area contributed by atoms with Crippen molar-refractivity contribution < 1.29 is 4.79 Å². The zero-order chi connectivity index (χ0) is 25.2. The van der Waals surface area contributed by atoms with Gasteiger partial charge in [0.05, 0.1) is 16.6 Å². The van der Waals surface area contributed by atoms with E-state index in [0.717, 1.165) is 83.1 Å². The molecular formula is C32H29N3O2. The van der Waals surface area contributed by atoms with E-state index in [1.54, 1.807) is 0 Å². The molecule has 0 unspecified atom stereocenters. The molecule has 5 aromatic rings. The predicted molar refractivity (Wildman–Crippen MR) is 152 cm³/mol. The number of hydrogen-bond acceptors (Lipinski definition) is 2. The van der Waals surface area contributed by atoms with E-state index < -0.39 is 0 Å². The number of carbonyl (C=O) groups excluding carboxylic acids is 1. The van der Waals surface area contributed by atoms with Gasteiger partial charge in [0.1, 0.15) is 0 Å². The zero-order valence-electron chi connectivity index (χ0n) is 20.7. The number of fused-ring (bicyclic) bond motifs is 3. The summed E-state index contributed by atoms with van der Waals surface area (Å²) in [6.45, 7) is 1.80. The van der Waals surface area contributed by atoms with Gasteiger partial charge >= 0.3 is 0 Å². The van der Waals surface area contributed by atoms with Gasteiger partial charge in [-0.25, -0.2) is 0 Å². The van der Waals surface area contributed by atoms with Crippen LogP contribution < -0.4 is 10.7 Å². The highest BCUT2D eigenvalue weighted by atomic mass is 16.2. The Balaban J connectivity index is 1.10. The second kappa shape index (κ2) is 9.94. The monoisotopic (exact) mass is 487 g/mol. The van der Waals surface area contributed by atoms with E-state index in [1.807, 2.05) is 84.9 Å². The highest BCUT2D eigenvalue weighted by Crippen LogP contribution is 2.32. The van der Waals surface area contributed by atoms with Gasteiger partial charge in [-0.3, -0.25) is 9.59 Å². The average Bonchev–Trinajstić information content (AvgIpc) is 3.51. The number of carbonyl (C=O) groups is 1. The molecule has 0 spiro atoms. The molecule has 1 N–H and O–H groups in total. The Morgan fingerprint density at radius 3 is 2.08 bits per heavy atom. The van der Waals surface area contributed by atoms with E-state index in [4.69, 9.17) is 0 Å². The van der Waals surface area contributed by atoms with Crippen LogP contribution in [-0.4, -0.2) is 15.0 Å². The van der Waals surface area contributed by atoms with Crippen LogP contribution in [-0.2, 0) is 17.9 Å². The first-order valence-electron chi connectivity index (χ1n) is 13.0. The predicted octanol–water partition coefficient (Wildman–Crippen LogP) is 6.71. The van der Waals surface area contributed by atoms with Crippen molar-refractivity contribution in [2.75, 3.05) is 5.32 Å². The van der Waals surface area contributed by atoms with Crippen molar-refractivity contribution >= 4 is 45.0 Å². The maximum atomic E-state index is 12.9. The number of hydrogen-bond donors (Lipinski definition) is 1. The van der Waals surface area contributed by atoms with Gasteiger partial charge in [0.25, 0.3) is 5.91 Å². The van der Waals surface area contributed by atoms with Gasteiger partial charge in [0, 0.05) is 47.0 Å². The van der Waals surface area contributed by atoms with E-state index in [9.17, 15) is 9.59 Å². The Labute approximate surface area is 215 Å². The molecule has 6 rings (SSSR count). The molecule has 5 nitrogen and oxygen atoms in total. The normalized spacial score (nSPS) is 13.9. The minimum Gasteiger partial charge on any atom is -0.348 e. The van der Waals surface area contributed by atoms with Gasteiger partial charge in [-0.1, -0.05) is 55.3 Å². The molecular weight excluding hydrogens is 458 g/mol. The third-order valence-electron chi connectivity index (χ3n) is 7.28. The number of rotatable bonds is 8. The smallest absolute Gasteiger partial charge is 0.256 e. The van der Waals surface area contributed by atoms with Crippen molar-refractivity contribution in [1.82, 2.24) is 9.13 Å². The summed E-state index contributed by atoms with van der Waals surface area (Å²) in [5, 5.41) is 4.52. The summed E-state index contributed by atoms with van der Waals surface area (Å²) >= 11 is 0. The Bertz CT molecular complexity index is 1650. The second-order valence-electron chi connectivity index (χ2n) is 9.61. The Hall–Kier alpha value is -4.38. The summed E-state index contributed by atoms with van der Waals surface area (Å²) in [6, 6.07) is 27.8. The second-order valence-corrected chi connectivity index (χ2v) is 9.61. The van der Waals surface area contributed by atoms with Gasteiger partial charge in [0.15, 0.2) is 5.43 Å². The number of para-hydroxylation sites is 3. The molecule has 1 aliphatic rings. The first kappa shape index (κ1) is 23.0. The van der Waals surface area contributed by atoms with Gasteiger partial charge in [-0.2, -0.15) is 0 Å². The number of aryl methyl sites for hydroxylation is 2. The quantitative estimate of drug-likeness (QED) is 0.150. The highest BCUT2D eigenvalue weighted by Gasteiger charge is 2.23. The molecule has 3 heterocycles. The van der Waals surface area contributed by atoms with Gasteiger partial charge < -0.3 is 14.5 Å². The van der Waals surface area contributed by atoms with Gasteiger partial charge in [-0.15, -0.1) is 0 Å². The number of pyridine rings is 1. The third-order valence-corrected chi connectivity index (χ3v) is 7.28. The Morgan fingerprint density at radius 2 is 1.32 bits per heavy atom. The minimum atomic E-state index is -0.0449. The van der Waals surface area contributed by atoms with Crippen LogP contribution in [0, 0.1) is 0 Å². The van der Waals surface area contributed by atoms with E-state index in [0.29, 0.717) is 0 Å². The molecule has 5 heteroatoms. The number of aromatic nitrogens is 2. The van der Waals surface area contributed by atoms with Crippen LogP contribution >= 0.6 is 0 Å². The number of amides is 1. The number of nitrogens with one attached hydrogen (secondary N) is 1. The molecule has 1 aliphatic heterocycles. The summed E-state index contributed by atoms with van der Waals surface area (Å²) in [5.74, 6) is -0.0449. The summed E-state index contributed by atoms with van der Waals surface area (Å²) in [6.07, 6.45) is 8.43. The first-order chi connectivity index (χ1) is 18.2. The van der Waals surface area contributed by atoms with Crippen LogP contribution in [0.5, 0.6) is 0 Å². The van der Waals surface area contributed by atoms with Crippen LogP contribution in [0.15, 0.2) is 95.9 Å². The molecule has 0 saturated carbocycles. The lowest BCUT2D eigenvalue weighted by Gasteiger charge is -2.15. The maximum Gasteiger partial charge on any atom is 0.256 e. The van der Waals surface area contributed by atoms with E-state index in [1.165, 1.54) is 0 Å². The van der Waals surface area contributed by atoms with Crippen molar-refractivity contribution in [2.24, 2.45) is 0 Å². The SMILES string of the molecule is O=C1Nc2ccccc2/C1=C/c1cccn1CCCCCCn1c2ccccc2c(=O)c2ccccc21. The Kier molecular flexibility index (Phi) is 6.19. The third kappa shape index (κ3) is 4.38. The molecule has 1 amide bonds. The number of benzene rings is 3. The van der Waals surface area contributed by atoms with Crippen LogP contribution in [0.3, 0.4) is 0 Å². The van der Waals surface area contributed by atoms with Gasteiger partial charge in [-0.05, 0) is 61.4 Å². The van der Waals surface area contributed by atoms with Crippen molar-refractivity contribution in [3.63, 3.8) is 0 Å². The first-order valence-corrected chi connectivity index (χ1v) is 13.0. The van der Waals surface area contributed by atoms with Crippen molar-refractivity contribution in [3.05, 3.63) is 113 Å².